The smallest absolute Gasteiger partial charge is 0.305 e. The Bertz CT molecular complexity index is 924. The summed E-state index contributed by atoms with van der Waals surface area (Å²) in [5.74, 6) is -0.0464. The van der Waals surface area contributed by atoms with Crippen molar-refractivity contribution in [3.05, 3.63) is 12.2 Å². The van der Waals surface area contributed by atoms with Gasteiger partial charge in [0.2, 0.25) is 5.91 Å². The summed E-state index contributed by atoms with van der Waals surface area (Å²) in [6.07, 6.45) is 60.5. The van der Waals surface area contributed by atoms with Gasteiger partial charge < -0.3 is 20.3 Å². The average Bonchev–Trinajstić information content (AvgIpc) is 3.27. The molecule has 368 valence electrons. The summed E-state index contributed by atoms with van der Waals surface area (Å²) < 4.78 is 5.45. The van der Waals surface area contributed by atoms with Gasteiger partial charge in [0, 0.05) is 12.8 Å². The van der Waals surface area contributed by atoms with Crippen LogP contribution in [0.25, 0.3) is 0 Å². The summed E-state index contributed by atoms with van der Waals surface area (Å²) in [6, 6.07) is -0.549. The number of carbonyl (C=O) groups is 2. The van der Waals surface area contributed by atoms with Gasteiger partial charge in [-0.1, -0.05) is 257 Å². The van der Waals surface area contributed by atoms with E-state index in [1.54, 1.807) is 0 Å². The molecule has 6 heteroatoms. The monoisotopic (exact) mass is 876 g/mol. The molecule has 0 aliphatic carbocycles. The molecule has 1 amide bonds. The van der Waals surface area contributed by atoms with Gasteiger partial charge >= 0.3 is 5.97 Å². The molecule has 0 fully saturated rings. The molecule has 0 rings (SSSR count). The highest BCUT2D eigenvalue weighted by Gasteiger charge is 2.20. The first-order chi connectivity index (χ1) is 30.5. The first-order valence-electron chi connectivity index (χ1n) is 27.9. The highest BCUT2D eigenvalue weighted by Crippen LogP contribution is 2.17. The lowest BCUT2D eigenvalue weighted by molar-refractivity contribution is -0.143. The van der Waals surface area contributed by atoms with Crippen LogP contribution in [0.15, 0.2) is 12.2 Å². The molecular weight excluding hydrogens is 767 g/mol. The number of unbranched alkanes of at least 4 members (excludes halogenated alkanes) is 39. The quantitative estimate of drug-likeness (QED) is 0.0321. The summed E-state index contributed by atoms with van der Waals surface area (Å²) in [6.45, 7) is 4.94. The lowest BCUT2D eigenvalue weighted by atomic mass is 10.0. The molecular formula is C56H109NO5. The number of aliphatic hydroxyl groups excluding tert-OH is 2. The number of aliphatic hydroxyl groups is 2. The van der Waals surface area contributed by atoms with Gasteiger partial charge in [-0.3, -0.25) is 9.59 Å². The van der Waals surface area contributed by atoms with Crippen LogP contribution >= 0.6 is 0 Å². The average molecular weight is 876 g/mol. The van der Waals surface area contributed by atoms with Crippen LogP contribution in [-0.2, 0) is 14.3 Å². The maximum Gasteiger partial charge on any atom is 0.305 e. The fourth-order valence-corrected chi connectivity index (χ4v) is 8.75. The Balaban J connectivity index is 3.46. The van der Waals surface area contributed by atoms with Crippen LogP contribution in [0.2, 0.25) is 0 Å². The number of allylic oxidation sites excluding steroid dienone is 2. The van der Waals surface area contributed by atoms with Crippen LogP contribution in [0.3, 0.4) is 0 Å². The van der Waals surface area contributed by atoms with Crippen molar-refractivity contribution in [1.82, 2.24) is 5.32 Å². The molecule has 2 atom stereocenters. The molecule has 3 N–H and O–H groups in total. The first kappa shape index (κ1) is 60.6. The number of hydrogen-bond acceptors (Lipinski definition) is 5. The normalized spacial score (nSPS) is 12.6. The highest BCUT2D eigenvalue weighted by atomic mass is 16.5. The minimum Gasteiger partial charge on any atom is -0.466 e. The SMILES string of the molecule is CCCCCCCCCCCCCCCCCCCC(O)C(CO)NC(=O)CCCCCCCCC/C=C\CCCCCCCCOC(=O)CCCCCCCCCCCCC. The number of amides is 1. The van der Waals surface area contributed by atoms with E-state index in [1.165, 1.54) is 225 Å². The van der Waals surface area contributed by atoms with E-state index in [0.717, 1.165) is 51.4 Å². The minimum atomic E-state index is -0.671. The van der Waals surface area contributed by atoms with Crippen molar-refractivity contribution in [3.63, 3.8) is 0 Å². The summed E-state index contributed by atoms with van der Waals surface area (Å²) in [5, 5.41) is 23.3. The second kappa shape index (κ2) is 52.2. The predicted molar refractivity (Wildman–Crippen MR) is 269 cm³/mol. The second-order valence-electron chi connectivity index (χ2n) is 19.3. The zero-order chi connectivity index (χ0) is 45.1. The number of hydrogen-bond donors (Lipinski definition) is 3. The first-order valence-corrected chi connectivity index (χ1v) is 27.9. The third-order valence-corrected chi connectivity index (χ3v) is 13.1. The van der Waals surface area contributed by atoms with Crippen LogP contribution in [0, 0.1) is 0 Å². The summed E-state index contributed by atoms with van der Waals surface area (Å²) in [7, 11) is 0. The van der Waals surface area contributed by atoms with Crippen molar-refractivity contribution >= 4 is 11.9 Å². The summed E-state index contributed by atoms with van der Waals surface area (Å²) >= 11 is 0. The van der Waals surface area contributed by atoms with Gasteiger partial charge in [-0.25, -0.2) is 0 Å². The molecule has 0 heterocycles. The van der Waals surface area contributed by atoms with Gasteiger partial charge in [-0.2, -0.15) is 0 Å². The molecule has 0 radical (unpaired) electrons. The van der Waals surface area contributed by atoms with Crippen molar-refractivity contribution in [2.45, 2.75) is 321 Å². The van der Waals surface area contributed by atoms with E-state index in [1.807, 2.05) is 0 Å². The third-order valence-electron chi connectivity index (χ3n) is 13.1. The predicted octanol–water partition coefficient (Wildman–Crippen LogP) is 16.9. The number of esters is 1. The fourth-order valence-electron chi connectivity index (χ4n) is 8.75. The Morgan fingerprint density at radius 1 is 0.435 bits per heavy atom. The molecule has 0 bridgehead atoms. The van der Waals surface area contributed by atoms with Crippen LogP contribution in [0.5, 0.6) is 0 Å². The van der Waals surface area contributed by atoms with E-state index in [0.29, 0.717) is 25.9 Å². The largest absolute Gasteiger partial charge is 0.466 e. The van der Waals surface area contributed by atoms with Gasteiger partial charge in [0.1, 0.15) is 0 Å². The van der Waals surface area contributed by atoms with Gasteiger partial charge in [0.05, 0.1) is 25.4 Å². The molecule has 0 saturated carbocycles. The van der Waals surface area contributed by atoms with Crippen molar-refractivity contribution in [2.75, 3.05) is 13.2 Å². The Morgan fingerprint density at radius 2 is 0.758 bits per heavy atom. The van der Waals surface area contributed by atoms with Crippen molar-refractivity contribution in [3.8, 4) is 0 Å². The van der Waals surface area contributed by atoms with Gasteiger partial charge in [-0.05, 0) is 51.4 Å². The zero-order valence-electron chi connectivity index (χ0n) is 41.9. The molecule has 0 aromatic rings. The molecule has 0 spiro atoms. The van der Waals surface area contributed by atoms with E-state index in [9.17, 15) is 19.8 Å². The van der Waals surface area contributed by atoms with Gasteiger partial charge in [-0.15, -0.1) is 0 Å². The number of carbonyl (C=O) groups excluding carboxylic acids is 2. The Kier molecular flexibility index (Phi) is 51.0. The van der Waals surface area contributed by atoms with Crippen LogP contribution in [0.1, 0.15) is 309 Å². The molecule has 0 aliphatic rings. The second-order valence-corrected chi connectivity index (χ2v) is 19.3. The number of ether oxygens (including phenoxy) is 1. The molecule has 2 unspecified atom stereocenters. The van der Waals surface area contributed by atoms with E-state index < -0.39 is 12.1 Å². The Morgan fingerprint density at radius 3 is 1.15 bits per heavy atom. The number of nitrogens with one attached hydrogen (secondary N) is 1. The van der Waals surface area contributed by atoms with Crippen molar-refractivity contribution in [2.24, 2.45) is 0 Å². The van der Waals surface area contributed by atoms with Crippen LogP contribution in [0.4, 0.5) is 0 Å². The van der Waals surface area contributed by atoms with Gasteiger partial charge in [0.25, 0.3) is 0 Å². The molecule has 0 aromatic carbocycles. The van der Waals surface area contributed by atoms with E-state index in [4.69, 9.17) is 4.74 Å². The molecule has 0 aliphatic heterocycles. The summed E-state index contributed by atoms with van der Waals surface area (Å²) in [4.78, 5) is 24.5. The van der Waals surface area contributed by atoms with Crippen molar-refractivity contribution in [1.29, 1.82) is 0 Å². The van der Waals surface area contributed by atoms with E-state index in [-0.39, 0.29) is 18.5 Å². The molecule has 6 nitrogen and oxygen atoms in total. The van der Waals surface area contributed by atoms with Gasteiger partial charge in [0.15, 0.2) is 0 Å². The molecule has 62 heavy (non-hydrogen) atoms. The molecule has 0 aromatic heterocycles. The maximum absolute atomic E-state index is 12.5. The Hall–Kier alpha value is -1.40. The number of rotatable bonds is 52. The lowest BCUT2D eigenvalue weighted by Gasteiger charge is -2.22. The minimum absolute atomic E-state index is 0.00165. The molecule has 0 saturated heterocycles. The lowest BCUT2D eigenvalue weighted by Crippen LogP contribution is -2.45. The standard InChI is InChI=1S/C56H109NO5/c1-3-5-7-9-11-13-15-16-17-19-22-25-29-32-36-40-44-48-54(59)53(52-58)57-55(60)49-45-41-37-33-30-26-23-20-18-21-24-27-31-35-39-43-47-51-62-56(61)50-46-42-38-34-28-14-12-10-8-6-4-2/h18,21,53-54,58-59H,3-17,19-20,22-52H2,1-2H3,(H,57,60)/b21-18-. The zero-order valence-corrected chi connectivity index (χ0v) is 41.9. The highest BCUT2D eigenvalue weighted by molar-refractivity contribution is 5.76. The van der Waals surface area contributed by atoms with Crippen LogP contribution < -0.4 is 5.32 Å². The third kappa shape index (κ3) is 48.1. The topological polar surface area (TPSA) is 95.9 Å². The van der Waals surface area contributed by atoms with Crippen LogP contribution in [-0.4, -0.2) is 47.4 Å². The Labute approximate surface area is 387 Å². The fraction of sp³-hybridized carbons (Fsp3) is 0.929. The maximum atomic E-state index is 12.5. The van der Waals surface area contributed by atoms with Crippen molar-refractivity contribution < 1.29 is 24.5 Å². The van der Waals surface area contributed by atoms with E-state index >= 15 is 0 Å². The summed E-state index contributed by atoms with van der Waals surface area (Å²) in [5.41, 5.74) is 0. The van der Waals surface area contributed by atoms with E-state index in [2.05, 4.69) is 31.3 Å².